The molecule has 0 heterocycles. The Labute approximate surface area is 225 Å². The number of esters is 2. The Morgan fingerprint density at radius 2 is 1.61 bits per heavy atom. The molecule has 5 nitrogen and oxygen atoms in total. The molecule has 2 aromatic carbocycles. The number of halogens is 1. The van der Waals surface area contributed by atoms with E-state index in [-0.39, 0.29) is 11.9 Å². The molecule has 198 valence electrons. The van der Waals surface area contributed by atoms with Crippen molar-refractivity contribution in [3.8, 4) is 5.75 Å². The summed E-state index contributed by atoms with van der Waals surface area (Å²) in [5.41, 5.74) is 3.03. The fourth-order valence-electron chi connectivity index (χ4n) is 4.20. The van der Waals surface area contributed by atoms with E-state index in [1.807, 2.05) is 44.2 Å². The molecule has 2 aromatic rings. The second-order valence-electron chi connectivity index (χ2n) is 8.93. The average molecular weight is 562 g/mol. The number of benzene rings is 2. The van der Waals surface area contributed by atoms with Gasteiger partial charge in [0, 0.05) is 11.8 Å². The van der Waals surface area contributed by atoms with Gasteiger partial charge in [-0.2, -0.15) is 0 Å². The van der Waals surface area contributed by atoms with Gasteiger partial charge in [0.15, 0.2) is 0 Å². The molecular weight excluding hydrogens is 520 g/mol. The number of carbonyl (C=O) groups is 2. The zero-order valence-electron chi connectivity index (χ0n) is 21.8. The topological polar surface area (TPSA) is 61.8 Å². The highest BCUT2D eigenvalue weighted by Crippen LogP contribution is 2.26. The lowest BCUT2D eigenvalue weighted by molar-refractivity contribution is -0.143. The first-order valence-corrected chi connectivity index (χ1v) is 14.4. The SMILES string of the molecule is CCOC(=O)CCCCC(CCc1ccccc1OCCCCBr)Cc1ccc(C(=O)OCC)cc1. The molecule has 0 amide bonds. The molecule has 0 fully saturated rings. The predicted molar refractivity (Wildman–Crippen MR) is 148 cm³/mol. The Balaban J connectivity index is 2.00. The molecule has 0 aliphatic carbocycles. The maximum absolute atomic E-state index is 12.0. The number of alkyl halides is 1. The third-order valence-electron chi connectivity index (χ3n) is 6.12. The monoisotopic (exact) mass is 560 g/mol. The van der Waals surface area contributed by atoms with Crippen LogP contribution in [0.3, 0.4) is 0 Å². The summed E-state index contributed by atoms with van der Waals surface area (Å²) in [6.45, 7) is 5.18. The van der Waals surface area contributed by atoms with Crippen LogP contribution < -0.4 is 4.74 Å². The number of unbranched alkanes of at least 4 members (excludes halogenated alkanes) is 2. The molecule has 0 aliphatic heterocycles. The normalized spacial score (nSPS) is 11.6. The molecule has 0 N–H and O–H groups in total. The van der Waals surface area contributed by atoms with Crippen molar-refractivity contribution in [3.05, 3.63) is 65.2 Å². The quantitative estimate of drug-likeness (QED) is 0.108. The second-order valence-corrected chi connectivity index (χ2v) is 9.72. The van der Waals surface area contributed by atoms with Crippen LogP contribution in [0.15, 0.2) is 48.5 Å². The van der Waals surface area contributed by atoms with Crippen LogP contribution in [0.4, 0.5) is 0 Å². The summed E-state index contributed by atoms with van der Waals surface area (Å²) in [6.07, 6.45) is 8.36. The number of hydrogen-bond donors (Lipinski definition) is 0. The Kier molecular flexibility index (Phi) is 14.9. The molecule has 6 heteroatoms. The van der Waals surface area contributed by atoms with Gasteiger partial charge in [0.25, 0.3) is 0 Å². The number of para-hydroxylation sites is 1. The fourth-order valence-corrected chi connectivity index (χ4v) is 4.59. The molecule has 0 radical (unpaired) electrons. The maximum Gasteiger partial charge on any atom is 0.338 e. The summed E-state index contributed by atoms with van der Waals surface area (Å²) < 4.78 is 16.2. The third-order valence-corrected chi connectivity index (χ3v) is 6.68. The van der Waals surface area contributed by atoms with Gasteiger partial charge in [-0.05, 0) is 87.6 Å². The zero-order valence-corrected chi connectivity index (χ0v) is 23.4. The Hall–Kier alpha value is -2.34. The van der Waals surface area contributed by atoms with E-state index in [0.29, 0.717) is 31.1 Å². The van der Waals surface area contributed by atoms with E-state index < -0.39 is 0 Å². The van der Waals surface area contributed by atoms with Crippen molar-refractivity contribution in [2.45, 2.75) is 71.6 Å². The standard InChI is InChI=1S/C30H41BrO5/c1-3-34-29(32)14-8-5-11-24(23-25-16-19-27(20-17-25)30(33)35-4-2)15-18-26-12-6-7-13-28(26)36-22-10-9-21-31/h6-7,12-13,16-17,19-20,24H,3-5,8-11,14-15,18,21-23H2,1-2H3. The van der Waals surface area contributed by atoms with E-state index in [1.165, 1.54) is 11.1 Å². The molecule has 1 atom stereocenters. The van der Waals surface area contributed by atoms with Crippen molar-refractivity contribution >= 4 is 27.9 Å². The van der Waals surface area contributed by atoms with Crippen LogP contribution >= 0.6 is 15.9 Å². The highest BCUT2D eigenvalue weighted by atomic mass is 79.9. The maximum atomic E-state index is 12.0. The molecule has 0 bridgehead atoms. The fraction of sp³-hybridized carbons (Fsp3) is 0.533. The molecule has 0 saturated carbocycles. The molecule has 0 spiro atoms. The van der Waals surface area contributed by atoms with Gasteiger partial charge in [-0.1, -0.05) is 59.1 Å². The zero-order chi connectivity index (χ0) is 26.0. The molecule has 0 saturated heterocycles. The smallest absolute Gasteiger partial charge is 0.338 e. The lowest BCUT2D eigenvalue weighted by atomic mass is 9.88. The lowest BCUT2D eigenvalue weighted by Crippen LogP contribution is -2.09. The summed E-state index contributed by atoms with van der Waals surface area (Å²) in [4.78, 5) is 23.7. The van der Waals surface area contributed by atoms with Crippen molar-refractivity contribution in [1.82, 2.24) is 0 Å². The van der Waals surface area contributed by atoms with E-state index in [0.717, 1.165) is 69.1 Å². The van der Waals surface area contributed by atoms with E-state index in [4.69, 9.17) is 14.2 Å². The molecule has 0 aromatic heterocycles. The lowest BCUT2D eigenvalue weighted by Gasteiger charge is -2.19. The number of ether oxygens (including phenoxy) is 3. The van der Waals surface area contributed by atoms with Gasteiger partial charge in [-0.25, -0.2) is 4.79 Å². The highest BCUT2D eigenvalue weighted by molar-refractivity contribution is 9.09. The Morgan fingerprint density at radius 3 is 2.33 bits per heavy atom. The van der Waals surface area contributed by atoms with Crippen molar-refractivity contribution < 1.29 is 23.8 Å². The van der Waals surface area contributed by atoms with Crippen LogP contribution in [0.25, 0.3) is 0 Å². The van der Waals surface area contributed by atoms with E-state index in [9.17, 15) is 9.59 Å². The van der Waals surface area contributed by atoms with Gasteiger partial charge in [0.2, 0.25) is 0 Å². The summed E-state index contributed by atoms with van der Waals surface area (Å²) in [7, 11) is 0. The number of hydrogen-bond acceptors (Lipinski definition) is 5. The summed E-state index contributed by atoms with van der Waals surface area (Å²) >= 11 is 3.47. The average Bonchev–Trinajstić information content (AvgIpc) is 2.89. The second kappa shape index (κ2) is 18.0. The molecule has 36 heavy (non-hydrogen) atoms. The van der Waals surface area contributed by atoms with E-state index >= 15 is 0 Å². The van der Waals surface area contributed by atoms with Crippen molar-refractivity contribution in [2.24, 2.45) is 5.92 Å². The molecule has 1 unspecified atom stereocenters. The van der Waals surface area contributed by atoms with Crippen LogP contribution in [-0.4, -0.2) is 37.1 Å². The van der Waals surface area contributed by atoms with Crippen LogP contribution in [0.1, 0.15) is 80.3 Å². The minimum atomic E-state index is -0.285. The minimum absolute atomic E-state index is 0.116. The van der Waals surface area contributed by atoms with Crippen LogP contribution in [0.5, 0.6) is 5.75 Å². The number of rotatable bonds is 18. The number of aryl methyl sites for hydroxylation is 1. The first kappa shape index (κ1) is 29.9. The van der Waals surface area contributed by atoms with Gasteiger partial charge >= 0.3 is 11.9 Å². The minimum Gasteiger partial charge on any atom is -0.493 e. The summed E-state index contributed by atoms with van der Waals surface area (Å²) in [5, 5.41) is 0.997. The van der Waals surface area contributed by atoms with Gasteiger partial charge < -0.3 is 14.2 Å². The highest BCUT2D eigenvalue weighted by Gasteiger charge is 2.14. The Bertz CT molecular complexity index is 896. The third kappa shape index (κ3) is 11.6. The largest absolute Gasteiger partial charge is 0.493 e. The van der Waals surface area contributed by atoms with Gasteiger partial charge in [0.1, 0.15) is 5.75 Å². The number of carbonyl (C=O) groups excluding carboxylic acids is 2. The van der Waals surface area contributed by atoms with Crippen LogP contribution in [-0.2, 0) is 27.1 Å². The first-order chi connectivity index (χ1) is 17.6. The van der Waals surface area contributed by atoms with Gasteiger partial charge in [-0.3, -0.25) is 4.79 Å². The molecule has 0 aliphatic rings. The van der Waals surface area contributed by atoms with Crippen molar-refractivity contribution in [3.63, 3.8) is 0 Å². The van der Waals surface area contributed by atoms with Crippen LogP contribution in [0, 0.1) is 5.92 Å². The molecule has 2 rings (SSSR count). The Morgan fingerprint density at radius 1 is 0.861 bits per heavy atom. The van der Waals surface area contributed by atoms with Crippen molar-refractivity contribution in [1.29, 1.82) is 0 Å². The van der Waals surface area contributed by atoms with Gasteiger partial charge in [0.05, 0.1) is 25.4 Å². The van der Waals surface area contributed by atoms with Gasteiger partial charge in [-0.15, -0.1) is 0 Å². The first-order valence-electron chi connectivity index (χ1n) is 13.3. The summed E-state index contributed by atoms with van der Waals surface area (Å²) in [5.74, 6) is 1.04. The van der Waals surface area contributed by atoms with Crippen molar-refractivity contribution in [2.75, 3.05) is 25.2 Å². The molecular formula is C30H41BrO5. The van der Waals surface area contributed by atoms with E-state index in [1.54, 1.807) is 0 Å². The summed E-state index contributed by atoms with van der Waals surface area (Å²) in [6, 6.07) is 16.1. The van der Waals surface area contributed by atoms with Crippen LogP contribution in [0.2, 0.25) is 0 Å². The predicted octanol–water partition coefficient (Wildman–Crippen LogP) is 7.33. The van der Waals surface area contributed by atoms with E-state index in [2.05, 4.69) is 34.1 Å².